The highest BCUT2D eigenvalue weighted by atomic mass is 16.5. The quantitative estimate of drug-likeness (QED) is 0.639. The van der Waals surface area contributed by atoms with Crippen molar-refractivity contribution in [1.82, 2.24) is 10.2 Å². The molecule has 3 N–H and O–H groups in total. The van der Waals surface area contributed by atoms with Gasteiger partial charge in [0.1, 0.15) is 12.3 Å². The fourth-order valence-corrected chi connectivity index (χ4v) is 2.48. The third kappa shape index (κ3) is 3.77. The van der Waals surface area contributed by atoms with Crippen LogP contribution in [0.1, 0.15) is 6.92 Å². The molecule has 3 amide bonds. The molecule has 8 nitrogen and oxygen atoms in total. The monoisotopic (exact) mass is 337 g/mol. The van der Waals surface area contributed by atoms with Gasteiger partial charge in [0.05, 0.1) is 31.5 Å². The number of rotatable bonds is 7. The van der Waals surface area contributed by atoms with Crippen molar-refractivity contribution in [2.75, 3.05) is 44.9 Å². The molecule has 2 rings (SSSR count). The molecule has 1 aromatic rings. The lowest BCUT2D eigenvalue weighted by molar-refractivity contribution is -0.124. The van der Waals surface area contributed by atoms with E-state index in [1.165, 1.54) is 18.9 Å². The van der Waals surface area contributed by atoms with E-state index in [1.807, 2.05) is 12.1 Å². The van der Waals surface area contributed by atoms with Crippen molar-refractivity contribution in [3.05, 3.63) is 24.3 Å². The average Bonchev–Trinajstić information content (AvgIpc) is 2.95. The molecule has 0 spiro atoms. The Morgan fingerprint density at radius 1 is 1.29 bits per heavy atom. The normalized spacial score (nSPS) is 14.9. The first-order valence-corrected chi connectivity index (χ1v) is 7.66. The number of aliphatic hydroxyl groups excluding tert-OH is 2. The summed E-state index contributed by atoms with van der Waals surface area (Å²) in [6, 6.07) is 6.90. The number of amides is 3. The highest BCUT2D eigenvalue weighted by molar-refractivity contribution is 5.97. The van der Waals surface area contributed by atoms with Gasteiger partial charge < -0.3 is 25.2 Å². The molecular formula is C16H23N3O5. The molecule has 1 heterocycles. The first-order valence-electron chi connectivity index (χ1n) is 7.66. The summed E-state index contributed by atoms with van der Waals surface area (Å²) in [5, 5.41) is 21.0. The van der Waals surface area contributed by atoms with E-state index in [1.54, 1.807) is 17.0 Å². The number of nitrogens with one attached hydrogen (secondary N) is 1. The van der Waals surface area contributed by atoms with Crippen LogP contribution in [0.15, 0.2) is 24.3 Å². The van der Waals surface area contributed by atoms with Crippen LogP contribution in [-0.4, -0.2) is 72.5 Å². The predicted octanol–water partition coefficient (Wildman–Crippen LogP) is -0.203. The van der Waals surface area contributed by atoms with Gasteiger partial charge in [0.15, 0.2) is 0 Å². The number of ether oxygens (including phenoxy) is 1. The minimum absolute atomic E-state index is 0.139. The molecule has 0 unspecified atom stereocenters. The van der Waals surface area contributed by atoms with Crippen LogP contribution in [-0.2, 0) is 4.79 Å². The van der Waals surface area contributed by atoms with Crippen molar-refractivity contribution < 1.29 is 24.5 Å². The number of carbonyl (C=O) groups excluding carboxylic acids is 2. The molecule has 0 radical (unpaired) electrons. The standard InChI is InChI=1S/C16H23N3O5/c1-16(10-20,11-21)17-14(22)9-18-7-8-19(15(18)23)12-5-3-4-6-13(12)24-2/h3-6,20-21H,7-11H2,1-2H3,(H,17,22). The molecule has 132 valence electrons. The number of aliphatic hydroxyl groups is 2. The fourth-order valence-electron chi connectivity index (χ4n) is 2.48. The van der Waals surface area contributed by atoms with E-state index < -0.39 is 24.7 Å². The maximum atomic E-state index is 12.5. The third-order valence-corrected chi connectivity index (χ3v) is 3.94. The van der Waals surface area contributed by atoms with E-state index in [4.69, 9.17) is 4.74 Å². The molecule has 8 heteroatoms. The van der Waals surface area contributed by atoms with Crippen LogP contribution in [0.25, 0.3) is 0 Å². The first kappa shape index (κ1) is 18.0. The number of carbonyl (C=O) groups is 2. The van der Waals surface area contributed by atoms with Crippen molar-refractivity contribution in [3.63, 3.8) is 0 Å². The topological polar surface area (TPSA) is 102 Å². The van der Waals surface area contributed by atoms with Crippen LogP contribution in [0.3, 0.4) is 0 Å². The van der Waals surface area contributed by atoms with Gasteiger partial charge in [-0.2, -0.15) is 0 Å². The number of methoxy groups -OCH3 is 1. The lowest BCUT2D eigenvalue weighted by Gasteiger charge is -2.27. The fraction of sp³-hybridized carbons (Fsp3) is 0.500. The highest BCUT2D eigenvalue weighted by Gasteiger charge is 2.33. The van der Waals surface area contributed by atoms with Crippen molar-refractivity contribution in [2.45, 2.75) is 12.5 Å². The van der Waals surface area contributed by atoms with Gasteiger partial charge >= 0.3 is 6.03 Å². The predicted molar refractivity (Wildman–Crippen MR) is 88.0 cm³/mol. The molecule has 1 saturated heterocycles. The van der Waals surface area contributed by atoms with E-state index >= 15 is 0 Å². The summed E-state index contributed by atoms with van der Waals surface area (Å²) < 4.78 is 5.27. The number of nitrogens with zero attached hydrogens (tertiary/aromatic N) is 2. The van der Waals surface area contributed by atoms with Crippen molar-refractivity contribution >= 4 is 17.6 Å². The SMILES string of the molecule is COc1ccccc1N1CCN(CC(=O)NC(C)(CO)CO)C1=O. The average molecular weight is 337 g/mol. The summed E-state index contributed by atoms with van der Waals surface area (Å²) in [5.74, 6) is 0.154. The molecule has 0 bridgehead atoms. The van der Waals surface area contributed by atoms with Crippen molar-refractivity contribution in [1.29, 1.82) is 0 Å². The molecule has 1 aliphatic rings. The largest absolute Gasteiger partial charge is 0.495 e. The Kier molecular flexibility index (Phi) is 5.63. The van der Waals surface area contributed by atoms with Crippen LogP contribution in [0.2, 0.25) is 0 Å². The molecule has 0 saturated carbocycles. The molecular weight excluding hydrogens is 314 g/mol. The highest BCUT2D eigenvalue weighted by Crippen LogP contribution is 2.30. The van der Waals surface area contributed by atoms with E-state index in [9.17, 15) is 19.8 Å². The van der Waals surface area contributed by atoms with Crippen LogP contribution in [0.5, 0.6) is 5.75 Å². The van der Waals surface area contributed by atoms with Crippen LogP contribution in [0.4, 0.5) is 10.5 Å². The molecule has 1 fully saturated rings. The van der Waals surface area contributed by atoms with Gasteiger partial charge in [-0.1, -0.05) is 12.1 Å². The van der Waals surface area contributed by atoms with Gasteiger partial charge in [0.25, 0.3) is 0 Å². The van der Waals surface area contributed by atoms with Gasteiger partial charge in [0, 0.05) is 13.1 Å². The summed E-state index contributed by atoms with van der Waals surface area (Å²) >= 11 is 0. The second-order valence-electron chi connectivity index (χ2n) is 5.95. The summed E-state index contributed by atoms with van der Waals surface area (Å²) in [6.07, 6.45) is 0. The van der Waals surface area contributed by atoms with Gasteiger partial charge in [0.2, 0.25) is 5.91 Å². The number of benzene rings is 1. The Morgan fingerprint density at radius 3 is 2.58 bits per heavy atom. The van der Waals surface area contributed by atoms with E-state index in [0.717, 1.165) is 0 Å². The smallest absolute Gasteiger partial charge is 0.325 e. The zero-order valence-electron chi connectivity index (χ0n) is 13.9. The minimum atomic E-state index is -1.11. The van der Waals surface area contributed by atoms with E-state index in [-0.39, 0.29) is 12.6 Å². The Bertz CT molecular complexity index is 603. The van der Waals surface area contributed by atoms with Crippen LogP contribution >= 0.6 is 0 Å². The van der Waals surface area contributed by atoms with Gasteiger partial charge in [-0.05, 0) is 19.1 Å². The first-order chi connectivity index (χ1) is 11.4. The molecule has 0 atom stereocenters. The molecule has 0 aliphatic carbocycles. The summed E-state index contributed by atoms with van der Waals surface area (Å²) in [6.45, 7) is 1.45. The van der Waals surface area contributed by atoms with Crippen molar-refractivity contribution in [2.24, 2.45) is 0 Å². The third-order valence-electron chi connectivity index (χ3n) is 3.94. The van der Waals surface area contributed by atoms with E-state index in [0.29, 0.717) is 24.5 Å². The molecule has 1 aromatic carbocycles. The zero-order chi connectivity index (χ0) is 17.7. The Hall–Kier alpha value is -2.32. The molecule has 0 aromatic heterocycles. The van der Waals surface area contributed by atoms with E-state index in [2.05, 4.69) is 5.32 Å². The lowest BCUT2D eigenvalue weighted by Crippen LogP contribution is -2.54. The van der Waals surface area contributed by atoms with Gasteiger partial charge in [-0.3, -0.25) is 9.69 Å². The summed E-state index contributed by atoms with van der Waals surface area (Å²) in [7, 11) is 1.54. The second kappa shape index (κ2) is 7.50. The minimum Gasteiger partial charge on any atom is -0.495 e. The molecule has 1 aliphatic heterocycles. The number of urea groups is 1. The van der Waals surface area contributed by atoms with Gasteiger partial charge in [-0.25, -0.2) is 4.79 Å². The Balaban J connectivity index is 2.03. The molecule has 24 heavy (non-hydrogen) atoms. The second-order valence-corrected chi connectivity index (χ2v) is 5.95. The number of anilines is 1. The van der Waals surface area contributed by atoms with Crippen LogP contribution < -0.4 is 15.0 Å². The zero-order valence-corrected chi connectivity index (χ0v) is 13.9. The maximum absolute atomic E-state index is 12.5. The van der Waals surface area contributed by atoms with Crippen LogP contribution in [0, 0.1) is 0 Å². The number of hydrogen-bond acceptors (Lipinski definition) is 5. The lowest BCUT2D eigenvalue weighted by atomic mass is 10.1. The number of para-hydroxylation sites is 2. The maximum Gasteiger partial charge on any atom is 0.325 e. The van der Waals surface area contributed by atoms with Crippen molar-refractivity contribution in [3.8, 4) is 5.75 Å². The summed E-state index contributed by atoms with van der Waals surface area (Å²) in [5.41, 5.74) is -0.453. The Morgan fingerprint density at radius 2 is 1.96 bits per heavy atom. The van der Waals surface area contributed by atoms with Gasteiger partial charge in [-0.15, -0.1) is 0 Å². The summed E-state index contributed by atoms with van der Waals surface area (Å²) in [4.78, 5) is 27.6. The Labute approximate surface area is 140 Å². The number of hydrogen-bond donors (Lipinski definition) is 3.